The van der Waals surface area contributed by atoms with Gasteiger partial charge >= 0.3 is 0 Å². The maximum Gasteiger partial charge on any atom is 0.150 e. The average molecular weight is 274 g/mol. The second-order valence-corrected chi connectivity index (χ2v) is 6.05. The van der Waals surface area contributed by atoms with Gasteiger partial charge < -0.3 is 4.57 Å². The van der Waals surface area contributed by atoms with E-state index in [9.17, 15) is 5.26 Å². The highest BCUT2D eigenvalue weighted by molar-refractivity contribution is 7.13. The molecule has 0 aliphatic rings. The van der Waals surface area contributed by atoms with E-state index in [2.05, 4.69) is 16.4 Å². The van der Waals surface area contributed by atoms with Gasteiger partial charge in [0, 0.05) is 18.4 Å². The summed E-state index contributed by atoms with van der Waals surface area (Å²) in [6, 6.07) is 6.68. The minimum absolute atomic E-state index is 0.262. The molecule has 0 aromatic carbocycles. The van der Waals surface area contributed by atoms with Crippen molar-refractivity contribution in [2.75, 3.05) is 0 Å². The number of thiophene rings is 1. The lowest BCUT2D eigenvalue weighted by Gasteiger charge is -2.26. The second kappa shape index (κ2) is 5.55. The number of hydrogen-bond donors (Lipinski definition) is 1. The van der Waals surface area contributed by atoms with Crippen molar-refractivity contribution in [3.05, 3.63) is 29.9 Å². The Labute approximate surface area is 117 Å². The van der Waals surface area contributed by atoms with Crippen molar-refractivity contribution >= 4 is 11.3 Å². The van der Waals surface area contributed by atoms with Gasteiger partial charge in [-0.05, 0) is 32.2 Å². The van der Waals surface area contributed by atoms with E-state index in [1.165, 1.54) is 0 Å². The van der Waals surface area contributed by atoms with E-state index in [-0.39, 0.29) is 6.04 Å². The molecule has 2 aromatic rings. The van der Waals surface area contributed by atoms with Crippen LogP contribution in [0.5, 0.6) is 0 Å². The number of imidazole rings is 1. The fourth-order valence-corrected chi connectivity index (χ4v) is 2.90. The Balaban J connectivity index is 2.25. The SMILES string of the molecule is CC(C)NC(C)(C#N)Cn1ccnc1-c1cccs1. The van der Waals surface area contributed by atoms with Gasteiger partial charge in [-0.15, -0.1) is 11.3 Å². The van der Waals surface area contributed by atoms with Crippen LogP contribution in [0.3, 0.4) is 0 Å². The minimum Gasteiger partial charge on any atom is -0.327 e. The molecule has 0 radical (unpaired) electrons. The summed E-state index contributed by atoms with van der Waals surface area (Å²) in [5, 5.41) is 14.8. The first kappa shape index (κ1) is 13.8. The Morgan fingerprint density at radius 3 is 2.95 bits per heavy atom. The molecule has 2 aromatic heterocycles. The van der Waals surface area contributed by atoms with Crippen LogP contribution in [-0.4, -0.2) is 21.1 Å². The van der Waals surface area contributed by atoms with Gasteiger partial charge in [0.2, 0.25) is 0 Å². The molecule has 0 bridgehead atoms. The van der Waals surface area contributed by atoms with E-state index in [1.54, 1.807) is 17.5 Å². The van der Waals surface area contributed by atoms with Crippen LogP contribution in [0.25, 0.3) is 10.7 Å². The van der Waals surface area contributed by atoms with Gasteiger partial charge in [-0.25, -0.2) is 4.98 Å². The molecule has 4 nitrogen and oxygen atoms in total. The Hall–Kier alpha value is -1.64. The Bertz CT molecular complexity index is 565. The topological polar surface area (TPSA) is 53.6 Å². The van der Waals surface area contributed by atoms with Crippen molar-refractivity contribution in [1.29, 1.82) is 5.26 Å². The molecule has 0 spiro atoms. The van der Waals surface area contributed by atoms with Crippen molar-refractivity contribution < 1.29 is 0 Å². The van der Waals surface area contributed by atoms with Crippen LogP contribution in [0.15, 0.2) is 29.9 Å². The number of nitrogens with zero attached hydrogens (tertiary/aromatic N) is 3. The van der Waals surface area contributed by atoms with Crippen molar-refractivity contribution in [1.82, 2.24) is 14.9 Å². The van der Waals surface area contributed by atoms with Gasteiger partial charge in [-0.3, -0.25) is 5.32 Å². The van der Waals surface area contributed by atoms with E-state index in [0.29, 0.717) is 6.54 Å². The predicted octanol–water partition coefficient (Wildman–Crippen LogP) is 2.89. The summed E-state index contributed by atoms with van der Waals surface area (Å²) < 4.78 is 2.03. The molecule has 0 saturated heterocycles. The lowest BCUT2D eigenvalue weighted by molar-refractivity contribution is 0.359. The van der Waals surface area contributed by atoms with E-state index in [0.717, 1.165) is 10.7 Å². The lowest BCUT2D eigenvalue weighted by atomic mass is 10.0. The molecule has 100 valence electrons. The number of aromatic nitrogens is 2. The van der Waals surface area contributed by atoms with Gasteiger partial charge in [-0.1, -0.05) is 6.07 Å². The van der Waals surface area contributed by atoms with Crippen LogP contribution in [0, 0.1) is 11.3 Å². The van der Waals surface area contributed by atoms with E-state index in [1.807, 2.05) is 49.0 Å². The van der Waals surface area contributed by atoms with Crippen LogP contribution in [0.1, 0.15) is 20.8 Å². The fourth-order valence-electron chi connectivity index (χ4n) is 2.16. The monoisotopic (exact) mass is 274 g/mol. The largest absolute Gasteiger partial charge is 0.327 e. The van der Waals surface area contributed by atoms with E-state index in [4.69, 9.17) is 0 Å². The van der Waals surface area contributed by atoms with Crippen LogP contribution < -0.4 is 5.32 Å². The van der Waals surface area contributed by atoms with Crippen molar-refractivity contribution in [2.45, 2.75) is 38.9 Å². The van der Waals surface area contributed by atoms with Crippen molar-refractivity contribution in [2.24, 2.45) is 0 Å². The molecule has 1 N–H and O–H groups in total. The standard InChI is InChI=1S/C14H18N4S/c1-11(2)17-14(3,9-15)10-18-7-6-16-13(18)12-5-4-8-19-12/h4-8,11,17H,10H2,1-3H3. The molecule has 0 aliphatic heterocycles. The zero-order chi connectivity index (χ0) is 13.9. The molecule has 1 unspecified atom stereocenters. The summed E-state index contributed by atoms with van der Waals surface area (Å²) in [5.74, 6) is 0.919. The second-order valence-electron chi connectivity index (χ2n) is 5.10. The van der Waals surface area contributed by atoms with E-state index < -0.39 is 5.54 Å². The van der Waals surface area contributed by atoms with Crippen LogP contribution in [-0.2, 0) is 6.54 Å². The van der Waals surface area contributed by atoms with Crippen LogP contribution in [0.4, 0.5) is 0 Å². The molecule has 19 heavy (non-hydrogen) atoms. The number of rotatable bonds is 5. The molecule has 2 heterocycles. The van der Waals surface area contributed by atoms with Crippen LogP contribution in [0.2, 0.25) is 0 Å². The minimum atomic E-state index is -0.596. The summed E-state index contributed by atoms with van der Waals surface area (Å²) in [4.78, 5) is 5.51. The normalized spacial score (nSPS) is 14.3. The predicted molar refractivity (Wildman–Crippen MR) is 77.8 cm³/mol. The third kappa shape index (κ3) is 3.22. The first-order valence-corrected chi connectivity index (χ1v) is 7.16. The number of hydrogen-bond acceptors (Lipinski definition) is 4. The molecule has 0 amide bonds. The quantitative estimate of drug-likeness (QED) is 0.912. The van der Waals surface area contributed by atoms with Gasteiger partial charge in [0.15, 0.2) is 0 Å². The number of nitrogens with one attached hydrogen (secondary N) is 1. The molecule has 0 aliphatic carbocycles. The average Bonchev–Trinajstić information content (AvgIpc) is 2.97. The summed E-state index contributed by atoms with van der Waals surface area (Å²) in [6.07, 6.45) is 3.70. The van der Waals surface area contributed by atoms with E-state index >= 15 is 0 Å². The molecule has 0 saturated carbocycles. The fraction of sp³-hybridized carbons (Fsp3) is 0.429. The number of nitriles is 1. The summed E-state index contributed by atoms with van der Waals surface area (Å²) in [6.45, 7) is 6.59. The highest BCUT2D eigenvalue weighted by atomic mass is 32.1. The first-order chi connectivity index (χ1) is 9.04. The zero-order valence-electron chi connectivity index (χ0n) is 11.4. The molecular formula is C14H18N4S. The summed E-state index contributed by atoms with van der Waals surface area (Å²) in [5.41, 5.74) is -0.596. The van der Waals surface area contributed by atoms with Gasteiger partial charge in [0.05, 0.1) is 17.5 Å². The molecular weight excluding hydrogens is 256 g/mol. The third-order valence-corrected chi connectivity index (χ3v) is 3.66. The van der Waals surface area contributed by atoms with Crippen LogP contribution >= 0.6 is 11.3 Å². The zero-order valence-corrected chi connectivity index (χ0v) is 12.2. The lowest BCUT2D eigenvalue weighted by Crippen LogP contribution is -2.48. The first-order valence-electron chi connectivity index (χ1n) is 6.28. The van der Waals surface area contributed by atoms with Gasteiger partial charge in [-0.2, -0.15) is 5.26 Å². The molecule has 0 fully saturated rings. The van der Waals surface area contributed by atoms with Gasteiger partial charge in [0.1, 0.15) is 11.4 Å². The molecule has 1 atom stereocenters. The maximum atomic E-state index is 9.41. The summed E-state index contributed by atoms with van der Waals surface area (Å²) >= 11 is 1.66. The highest BCUT2D eigenvalue weighted by Crippen LogP contribution is 2.24. The van der Waals surface area contributed by atoms with Crippen molar-refractivity contribution in [3.63, 3.8) is 0 Å². The Morgan fingerprint density at radius 1 is 1.58 bits per heavy atom. The summed E-state index contributed by atoms with van der Waals surface area (Å²) in [7, 11) is 0. The maximum absolute atomic E-state index is 9.41. The molecule has 2 rings (SSSR count). The highest BCUT2D eigenvalue weighted by Gasteiger charge is 2.26. The Morgan fingerprint density at radius 2 is 2.37 bits per heavy atom. The van der Waals surface area contributed by atoms with Crippen molar-refractivity contribution in [3.8, 4) is 16.8 Å². The smallest absolute Gasteiger partial charge is 0.150 e. The van der Waals surface area contributed by atoms with Gasteiger partial charge in [0.25, 0.3) is 0 Å². The third-order valence-electron chi connectivity index (χ3n) is 2.80. The molecule has 5 heteroatoms. The Kier molecular flexibility index (Phi) is 4.03.